The van der Waals surface area contributed by atoms with Crippen molar-refractivity contribution in [1.29, 1.82) is 0 Å². The fourth-order valence-electron chi connectivity index (χ4n) is 2.50. The molecule has 0 aliphatic carbocycles. The van der Waals surface area contributed by atoms with Crippen LogP contribution >= 0.6 is 27.5 Å². The zero-order chi connectivity index (χ0) is 14.1. The number of nitrogens with zero attached hydrogens (tertiary/aromatic N) is 1. The Hall–Kier alpha value is -1.32. The van der Waals surface area contributed by atoms with Crippen LogP contribution in [0.15, 0.2) is 46.9 Å². The molecule has 102 valence electrons. The van der Waals surface area contributed by atoms with Crippen molar-refractivity contribution in [3.63, 3.8) is 0 Å². The van der Waals surface area contributed by atoms with Gasteiger partial charge in [0.25, 0.3) is 5.91 Å². The summed E-state index contributed by atoms with van der Waals surface area (Å²) in [5.41, 5.74) is 3.11. The summed E-state index contributed by atoms with van der Waals surface area (Å²) in [6.07, 6.45) is 0.896. The molecular formula is C16H13BrClNO. The number of halogens is 2. The van der Waals surface area contributed by atoms with Gasteiger partial charge in [0.1, 0.15) is 0 Å². The molecule has 0 spiro atoms. The van der Waals surface area contributed by atoms with Gasteiger partial charge in [0, 0.05) is 17.6 Å². The van der Waals surface area contributed by atoms with Crippen LogP contribution in [0.3, 0.4) is 0 Å². The Balaban J connectivity index is 1.88. The molecule has 20 heavy (non-hydrogen) atoms. The predicted octanol–water partition coefficient (Wildman–Crippen LogP) is 4.30. The van der Waals surface area contributed by atoms with Crippen LogP contribution in [-0.4, -0.2) is 17.4 Å². The van der Waals surface area contributed by atoms with Crippen molar-refractivity contribution in [3.05, 3.63) is 68.7 Å². The van der Waals surface area contributed by atoms with Crippen LogP contribution in [-0.2, 0) is 13.0 Å². The molecule has 0 aromatic heterocycles. The van der Waals surface area contributed by atoms with E-state index >= 15 is 0 Å². The molecule has 0 saturated heterocycles. The molecule has 0 bridgehead atoms. The molecule has 1 heterocycles. The molecule has 0 atom stereocenters. The molecule has 0 N–H and O–H groups in total. The van der Waals surface area contributed by atoms with Gasteiger partial charge in [0.15, 0.2) is 0 Å². The van der Waals surface area contributed by atoms with Crippen LogP contribution in [0.5, 0.6) is 0 Å². The third-order valence-corrected chi connectivity index (χ3v) is 4.40. The second-order valence-electron chi connectivity index (χ2n) is 4.87. The first kappa shape index (κ1) is 13.7. The van der Waals surface area contributed by atoms with Crippen LogP contribution in [0.25, 0.3) is 0 Å². The zero-order valence-electron chi connectivity index (χ0n) is 10.8. The molecule has 1 amide bonds. The normalized spacial score (nSPS) is 14.0. The summed E-state index contributed by atoms with van der Waals surface area (Å²) in [6, 6.07) is 13.6. The van der Waals surface area contributed by atoms with E-state index in [1.54, 1.807) is 12.1 Å². The van der Waals surface area contributed by atoms with Crippen molar-refractivity contribution in [2.45, 2.75) is 13.0 Å². The van der Waals surface area contributed by atoms with Crippen molar-refractivity contribution < 1.29 is 4.79 Å². The predicted molar refractivity (Wildman–Crippen MR) is 84.0 cm³/mol. The molecule has 2 aromatic carbocycles. The van der Waals surface area contributed by atoms with Gasteiger partial charge in [-0.3, -0.25) is 4.79 Å². The van der Waals surface area contributed by atoms with Crippen LogP contribution in [0.2, 0.25) is 5.02 Å². The second-order valence-corrected chi connectivity index (χ2v) is 6.19. The third-order valence-electron chi connectivity index (χ3n) is 3.58. The zero-order valence-corrected chi connectivity index (χ0v) is 13.1. The van der Waals surface area contributed by atoms with Crippen molar-refractivity contribution in [3.8, 4) is 0 Å². The summed E-state index contributed by atoms with van der Waals surface area (Å²) in [4.78, 5) is 14.5. The lowest BCUT2D eigenvalue weighted by Gasteiger charge is -2.29. The summed E-state index contributed by atoms with van der Waals surface area (Å²) < 4.78 is 0.864. The minimum Gasteiger partial charge on any atom is -0.334 e. The van der Waals surface area contributed by atoms with E-state index in [0.29, 0.717) is 17.1 Å². The van der Waals surface area contributed by atoms with Gasteiger partial charge in [0.05, 0.1) is 10.6 Å². The highest BCUT2D eigenvalue weighted by molar-refractivity contribution is 9.10. The van der Waals surface area contributed by atoms with E-state index in [9.17, 15) is 4.79 Å². The highest BCUT2D eigenvalue weighted by Crippen LogP contribution is 2.25. The van der Waals surface area contributed by atoms with Gasteiger partial charge in [-0.15, -0.1) is 0 Å². The lowest BCUT2D eigenvalue weighted by molar-refractivity contribution is 0.0735. The maximum Gasteiger partial charge on any atom is 0.255 e. The Morgan fingerprint density at radius 1 is 1.15 bits per heavy atom. The second kappa shape index (κ2) is 5.58. The quantitative estimate of drug-likeness (QED) is 0.751. The molecule has 0 radical (unpaired) electrons. The topological polar surface area (TPSA) is 20.3 Å². The Kier molecular flexibility index (Phi) is 3.81. The molecule has 0 unspecified atom stereocenters. The Morgan fingerprint density at radius 2 is 1.90 bits per heavy atom. The van der Waals surface area contributed by atoms with Crippen LogP contribution in [0, 0.1) is 0 Å². The first-order chi connectivity index (χ1) is 9.65. The number of amides is 1. The number of carbonyl (C=O) groups excluding carboxylic acids is 1. The molecule has 0 saturated carbocycles. The van der Waals surface area contributed by atoms with E-state index in [1.165, 1.54) is 11.1 Å². The van der Waals surface area contributed by atoms with E-state index in [0.717, 1.165) is 17.4 Å². The van der Waals surface area contributed by atoms with E-state index in [-0.39, 0.29) is 5.91 Å². The highest BCUT2D eigenvalue weighted by Gasteiger charge is 2.23. The molecule has 2 aromatic rings. The Bertz CT molecular complexity index is 671. The SMILES string of the molecule is O=C(c1cc(Br)ccc1Cl)N1CCc2ccccc2C1. The summed E-state index contributed by atoms with van der Waals surface area (Å²) in [7, 11) is 0. The van der Waals surface area contributed by atoms with Crippen molar-refractivity contribution in [1.82, 2.24) is 4.90 Å². The average molecular weight is 351 g/mol. The number of hydrogen-bond donors (Lipinski definition) is 0. The van der Waals surface area contributed by atoms with Crippen LogP contribution in [0.4, 0.5) is 0 Å². The number of fused-ring (bicyclic) bond motifs is 1. The van der Waals surface area contributed by atoms with Crippen LogP contribution < -0.4 is 0 Å². The largest absolute Gasteiger partial charge is 0.334 e. The Labute approximate surface area is 131 Å². The molecule has 4 heteroatoms. The summed E-state index contributed by atoms with van der Waals surface area (Å²) in [5, 5.41) is 0.497. The first-order valence-electron chi connectivity index (χ1n) is 6.46. The minimum atomic E-state index is -0.00852. The van der Waals surface area contributed by atoms with Gasteiger partial charge in [-0.2, -0.15) is 0 Å². The van der Waals surface area contributed by atoms with Gasteiger partial charge in [-0.25, -0.2) is 0 Å². The van der Waals surface area contributed by atoms with Gasteiger partial charge in [0.2, 0.25) is 0 Å². The molecule has 3 rings (SSSR count). The van der Waals surface area contributed by atoms with E-state index < -0.39 is 0 Å². The molecule has 2 nitrogen and oxygen atoms in total. The summed E-state index contributed by atoms with van der Waals surface area (Å²) in [5.74, 6) is -0.00852. The number of rotatable bonds is 1. The third kappa shape index (κ3) is 2.60. The molecule has 1 aliphatic heterocycles. The standard InChI is InChI=1S/C16H13BrClNO/c17-13-5-6-15(18)14(9-13)16(20)19-8-7-11-3-1-2-4-12(11)10-19/h1-6,9H,7-8,10H2. The van der Waals surface area contributed by atoms with Gasteiger partial charge in [-0.05, 0) is 35.7 Å². The average Bonchev–Trinajstić information content (AvgIpc) is 2.48. The van der Waals surface area contributed by atoms with E-state index in [2.05, 4.69) is 28.1 Å². The van der Waals surface area contributed by atoms with Crippen molar-refractivity contribution in [2.24, 2.45) is 0 Å². The maximum atomic E-state index is 12.6. The fourth-order valence-corrected chi connectivity index (χ4v) is 3.06. The minimum absolute atomic E-state index is 0.00852. The highest BCUT2D eigenvalue weighted by atomic mass is 79.9. The number of benzene rings is 2. The van der Waals surface area contributed by atoms with Crippen molar-refractivity contribution >= 4 is 33.4 Å². The van der Waals surface area contributed by atoms with Crippen molar-refractivity contribution in [2.75, 3.05) is 6.54 Å². The molecule has 1 aliphatic rings. The lowest BCUT2D eigenvalue weighted by Crippen LogP contribution is -2.36. The fraction of sp³-hybridized carbons (Fsp3) is 0.188. The van der Waals surface area contributed by atoms with Crippen LogP contribution in [0.1, 0.15) is 21.5 Å². The monoisotopic (exact) mass is 349 g/mol. The number of hydrogen-bond acceptors (Lipinski definition) is 1. The lowest BCUT2D eigenvalue weighted by atomic mass is 9.99. The first-order valence-corrected chi connectivity index (χ1v) is 7.63. The maximum absolute atomic E-state index is 12.6. The van der Waals surface area contributed by atoms with E-state index in [4.69, 9.17) is 11.6 Å². The number of carbonyl (C=O) groups is 1. The van der Waals surface area contributed by atoms with E-state index in [1.807, 2.05) is 23.1 Å². The van der Waals surface area contributed by atoms with Gasteiger partial charge in [-0.1, -0.05) is 51.8 Å². The molecule has 0 fully saturated rings. The summed E-state index contributed by atoms with van der Waals surface area (Å²) in [6.45, 7) is 1.39. The molecular weight excluding hydrogens is 338 g/mol. The Morgan fingerprint density at radius 3 is 2.70 bits per heavy atom. The van der Waals surface area contributed by atoms with Gasteiger partial charge < -0.3 is 4.90 Å². The summed E-state index contributed by atoms with van der Waals surface area (Å²) >= 11 is 9.53. The smallest absolute Gasteiger partial charge is 0.255 e. The van der Waals surface area contributed by atoms with Gasteiger partial charge >= 0.3 is 0 Å².